The van der Waals surface area contributed by atoms with E-state index in [4.69, 9.17) is 0 Å². The summed E-state index contributed by atoms with van der Waals surface area (Å²) >= 11 is 4.05. The van der Waals surface area contributed by atoms with Crippen molar-refractivity contribution >= 4 is 19.0 Å². The summed E-state index contributed by atoms with van der Waals surface area (Å²) in [6.07, 6.45) is 1.84. The van der Waals surface area contributed by atoms with Gasteiger partial charge in [0.25, 0.3) is 0 Å². The molecule has 0 saturated carbocycles. The summed E-state index contributed by atoms with van der Waals surface area (Å²) in [6, 6.07) is 0. The molecule has 0 saturated heterocycles. The van der Waals surface area contributed by atoms with E-state index in [2.05, 4.69) is 22.5 Å². The van der Waals surface area contributed by atoms with Crippen molar-refractivity contribution in [1.82, 2.24) is 4.90 Å². The lowest BCUT2D eigenvalue weighted by atomic mass is 10.6. The average molecular weight is 116 g/mol. The van der Waals surface area contributed by atoms with Gasteiger partial charge < -0.3 is 4.90 Å². The lowest BCUT2D eigenvalue weighted by molar-refractivity contribution is 0.550. The van der Waals surface area contributed by atoms with E-state index in [1.807, 2.05) is 6.34 Å². The fourth-order valence-corrected chi connectivity index (χ4v) is 0.739. The SMILES string of the molecule is SCN1C=NCC1. The molecule has 3 heteroatoms. The van der Waals surface area contributed by atoms with Crippen LogP contribution in [0.1, 0.15) is 0 Å². The molecular weight excluding hydrogens is 108 g/mol. The second-order valence-electron chi connectivity index (χ2n) is 1.48. The minimum Gasteiger partial charge on any atom is -0.352 e. The van der Waals surface area contributed by atoms with Gasteiger partial charge in [-0.1, -0.05) is 0 Å². The van der Waals surface area contributed by atoms with Crippen molar-refractivity contribution in [3.63, 3.8) is 0 Å². The smallest absolute Gasteiger partial charge is 0.0858 e. The first-order valence-corrected chi connectivity index (χ1v) is 2.91. The van der Waals surface area contributed by atoms with Crippen LogP contribution in [0, 0.1) is 0 Å². The lowest BCUT2D eigenvalue weighted by Gasteiger charge is -2.06. The second kappa shape index (κ2) is 2.21. The van der Waals surface area contributed by atoms with Gasteiger partial charge in [-0.25, -0.2) is 0 Å². The van der Waals surface area contributed by atoms with Gasteiger partial charge in [-0.05, 0) is 0 Å². The normalized spacial score (nSPS) is 18.7. The Morgan fingerprint density at radius 2 is 2.71 bits per heavy atom. The Bertz CT molecular complexity index is 81.8. The third-order valence-electron chi connectivity index (χ3n) is 0.943. The molecule has 0 N–H and O–H groups in total. The van der Waals surface area contributed by atoms with E-state index >= 15 is 0 Å². The van der Waals surface area contributed by atoms with Crippen LogP contribution >= 0.6 is 12.6 Å². The fraction of sp³-hybridized carbons (Fsp3) is 0.750. The third kappa shape index (κ3) is 1.09. The molecule has 2 nitrogen and oxygen atoms in total. The molecule has 0 bridgehead atoms. The van der Waals surface area contributed by atoms with Gasteiger partial charge in [0.05, 0.1) is 18.8 Å². The van der Waals surface area contributed by atoms with Crippen molar-refractivity contribution in [2.24, 2.45) is 4.99 Å². The molecule has 0 aromatic rings. The Balaban J connectivity index is 2.28. The van der Waals surface area contributed by atoms with E-state index < -0.39 is 0 Å². The zero-order valence-corrected chi connectivity index (χ0v) is 4.93. The summed E-state index contributed by atoms with van der Waals surface area (Å²) in [6.45, 7) is 1.99. The average Bonchev–Trinajstić information content (AvgIpc) is 2.14. The van der Waals surface area contributed by atoms with Gasteiger partial charge in [-0.3, -0.25) is 4.99 Å². The zero-order chi connectivity index (χ0) is 5.11. The Hall–Kier alpha value is -0.180. The summed E-state index contributed by atoms with van der Waals surface area (Å²) in [5.41, 5.74) is 0. The van der Waals surface area contributed by atoms with Gasteiger partial charge in [0, 0.05) is 6.54 Å². The van der Waals surface area contributed by atoms with Crippen LogP contribution < -0.4 is 0 Å². The summed E-state index contributed by atoms with van der Waals surface area (Å²) in [5.74, 6) is 0.795. The van der Waals surface area contributed by atoms with Crippen LogP contribution in [0.25, 0.3) is 0 Å². The molecule has 1 aliphatic rings. The first kappa shape index (κ1) is 4.97. The van der Waals surface area contributed by atoms with Crippen LogP contribution in [0.5, 0.6) is 0 Å². The maximum atomic E-state index is 4.05. The van der Waals surface area contributed by atoms with Crippen molar-refractivity contribution in [1.29, 1.82) is 0 Å². The van der Waals surface area contributed by atoms with E-state index in [1.165, 1.54) is 0 Å². The van der Waals surface area contributed by atoms with E-state index in [0.717, 1.165) is 19.0 Å². The highest BCUT2D eigenvalue weighted by Crippen LogP contribution is 1.92. The molecule has 0 aliphatic carbocycles. The third-order valence-corrected chi connectivity index (χ3v) is 1.31. The maximum absolute atomic E-state index is 4.05. The van der Waals surface area contributed by atoms with Crippen LogP contribution in [0.2, 0.25) is 0 Å². The molecule has 0 aromatic carbocycles. The number of thiol groups is 1. The van der Waals surface area contributed by atoms with Crippen LogP contribution in [0.3, 0.4) is 0 Å². The number of nitrogens with zero attached hydrogens (tertiary/aromatic N) is 2. The molecule has 0 atom stereocenters. The molecule has 0 aromatic heterocycles. The number of hydrogen-bond donors (Lipinski definition) is 1. The molecular formula is C4H8N2S. The zero-order valence-electron chi connectivity index (χ0n) is 4.04. The predicted octanol–water partition coefficient (Wildman–Crippen LogP) is 0.218. The highest BCUT2D eigenvalue weighted by Gasteiger charge is 1.99. The lowest BCUT2D eigenvalue weighted by Crippen LogP contribution is -2.16. The summed E-state index contributed by atoms with van der Waals surface area (Å²) in [4.78, 5) is 6.05. The molecule has 0 spiro atoms. The van der Waals surface area contributed by atoms with E-state index in [1.54, 1.807) is 0 Å². The van der Waals surface area contributed by atoms with Crippen LogP contribution in [-0.4, -0.2) is 30.2 Å². The summed E-state index contributed by atoms with van der Waals surface area (Å²) in [5, 5.41) is 0. The number of hydrogen-bond acceptors (Lipinski definition) is 3. The number of aliphatic imine (C=N–C) groups is 1. The Morgan fingerprint density at radius 1 is 1.86 bits per heavy atom. The molecule has 0 unspecified atom stereocenters. The fourth-order valence-electron chi connectivity index (χ4n) is 0.524. The Morgan fingerprint density at radius 3 is 3.00 bits per heavy atom. The van der Waals surface area contributed by atoms with Crippen molar-refractivity contribution in [3.8, 4) is 0 Å². The van der Waals surface area contributed by atoms with E-state index in [-0.39, 0.29) is 0 Å². The minimum atomic E-state index is 0.795. The maximum Gasteiger partial charge on any atom is 0.0858 e. The number of rotatable bonds is 1. The van der Waals surface area contributed by atoms with Gasteiger partial charge >= 0.3 is 0 Å². The predicted molar refractivity (Wildman–Crippen MR) is 33.9 cm³/mol. The summed E-state index contributed by atoms with van der Waals surface area (Å²) in [7, 11) is 0. The molecule has 0 fully saturated rings. The van der Waals surface area contributed by atoms with Crippen LogP contribution in [0.4, 0.5) is 0 Å². The quantitative estimate of drug-likeness (QED) is 0.484. The van der Waals surface area contributed by atoms with Gasteiger partial charge in [-0.2, -0.15) is 12.6 Å². The molecule has 40 valence electrons. The summed E-state index contributed by atoms with van der Waals surface area (Å²) < 4.78 is 0. The van der Waals surface area contributed by atoms with Gasteiger partial charge in [0.2, 0.25) is 0 Å². The van der Waals surface area contributed by atoms with E-state index in [0.29, 0.717) is 0 Å². The van der Waals surface area contributed by atoms with Crippen molar-refractivity contribution < 1.29 is 0 Å². The first-order chi connectivity index (χ1) is 3.43. The van der Waals surface area contributed by atoms with Crippen LogP contribution in [0.15, 0.2) is 4.99 Å². The largest absolute Gasteiger partial charge is 0.352 e. The molecule has 1 heterocycles. The molecule has 1 rings (SSSR count). The topological polar surface area (TPSA) is 15.6 Å². The Kier molecular flexibility index (Phi) is 1.57. The van der Waals surface area contributed by atoms with Crippen molar-refractivity contribution in [2.45, 2.75) is 0 Å². The standard InChI is InChI=1S/C4H8N2S/c7-4-6-2-1-5-3-6/h3,7H,1-2,4H2. The van der Waals surface area contributed by atoms with Gasteiger partial charge in [-0.15, -0.1) is 0 Å². The second-order valence-corrected chi connectivity index (χ2v) is 1.76. The van der Waals surface area contributed by atoms with Crippen LogP contribution in [-0.2, 0) is 0 Å². The molecule has 0 radical (unpaired) electrons. The highest BCUT2D eigenvalue weighted by atomic mass is 32.1. The Labute approximate surface area is 48.6 Å². The van der Waals surface area contributed by atoms with Crippen molar-refractivity contribution in [3.05, 3.63) is 0 Å². The highest BCUT2D eigenvalue weighted by molar-refractivity contribution is 7.80. The van der Waals surface area contributed by atoms with Crippen molar-refractivity contribution in [2.75, 3.05) is 19.0 Å². The molecule has 0 amide bonds. The van der Waals surface area contributed by atoms with E-state index in [9.17, 15) is 0 Å². The van der Waals surface area contributed by atoms with Gasteiger partial charge in [0.1, 0.15) is 0 Å². The monoisotopic (exact) mass is 116 g/mol. The van der Waals surface area contributed by atoms with Gasteiger partial charge in [0.15, 0.2) is 0 Å². The minimum absolute atomic E-state index is 0.795. The first-order valence-electron chi connectivity index (χ1n) is 2.28. The molecule has 1 aliphatic heterocycles. The molecule has 7 heavy (non-hydrogen) atoms.